The molecule has 0 amide bonds. The van der Waals surface area contributed by atoms with Crippen molar-refractivity contribution in [2.75, 3.05) is 40.0 Å². The maximum atomic E-state index is 12.3. The van der Waals surface area contributed by atoms with Crippen LogP contribution in [-0.2, 0) is 14.8 Å². The molecule has 1 N–H and O–H groups in total. The molecular formula is C16H28N2O4S. The van der Waals surface area contributed by atoms with Crippen LogP contribution in [0.5, 0.6) is 5.75 Å². The molecule has 132 valence electrons. The first kappa shape index (κ1) is 19.9. The third kappa shape index (κ3) is 6.47. The smallest absolute Gasteiger partial charge is 0.240 e. The van der Waals surface area contributed by atoms with Crippen molar-refractivity contribution < 1.29 is 17.9 Å². The van der Waals surface area contributed by atoms with E-state index in [0.29, 0.717) is 25.5 Å². The monoisotopic (exact) mass is 344 g/mol. The van der Waals surface area contributed by atoms with Crippen molar-refractivity contribution in [2.45, 2.75) is 31.7 Å². The number of nitrogens with one attached hydrogen (secondary N) is 1. The Morgan fingerprint density at radius 2 is 1.74 bits per heavy atom. The lowest BCUT2D eigenvalue weighted by Gasteiger charge is -2.26. The zero-order valence-corrected chi connectivity index (χ0v) is 15.2. The van der Waals surface area contributed by atoms with Gasteiger partial charge in [-0.15, -0.1) is 0 Å². The fourth-order valence-corrected chi connectivity index (χ4v) is 3.37. The minimum atomic E-state index is -3.50. The summed E-state index contributed by atoms with van der Waals surface area (Å²) in [6, 6.07) is 6.55. The van der Waals surface area contributed by atoms with E-state index >= 15 is 0 Å². The second kappa shape index (κ2) is 9.87. The van der Waals surface area contributed by atoms with Crippen LogP contribution in [-0.4, -0.2) is 59.3 Å². The fourth-order valence-electron chi connectivity index (χ4n) is 2.25. The van der Waals surface area contributed by atoms with Crippen LogP contribution in [0.15, 0.2) is 29.2 Å². The Morgan fingerprint density at radius 1 is 1.13 bits per heavy atom. The van der Waals surface area contributed by atoms with Gasteiger partial charge in [-0.1, -0.05) is 13.8 Å². The van der Waals surface area contributed by atoms with Crippen LogP contribution in [0.4, 0.5) is 0 Å². The number of benzene rings is 1. The Bertz CT molecular complexity index is 542. The minimum Gasteiger partial charge on any atom is -0.491 e. The van der Waals surface area contributed by atoms with Gasteiger partial charge in [0.15, 0.2) is 0 Å². The van der Waals surface area contributed by atoms with Crippen molar-refractivity contribution in [3.05, 3.63) is 24.3 Å². The third-order valence-corrected chi connectivity index (χ3v) is 5.13. The lowest BCUT2D eigenvalue weighted by Crippen LogP contribution is -2.41. The lowest BCUT2D eigenvalue weighted by molar-refractivity contribution is 0.146. The highest BCUT2D eigenvalue weighted by molar-refractivity contribution is 7.89. The first-order chi connectivity index (χ1) is 10.9. The lowest BCUT2D eigenvalue weighted by atomic mass is 10.3. The third-order valence-electron chi connectivity index (χ3n) is 3.69. The van der Waals surface area contributed by atoms with Gasteiger partial charge in [-0.3, -0.25) is 4.90 Å². The van der Waals surface area contributed by atoms with Crippen molar-refractivity contribution in [1.29, 1.82) is 0 Å². The molecule has 23 heavy (non-hydrogen) atoms. The molecule has 0 spiro atoms. The Labute approximate surface area is 139 Å². The van der Waals surface area contributed by atoms with Gasteiger partial charge in [0.25, 0.3) is 0 Å². The predicted molar refractivity (Wildman–Crippen MR) is 91.4 cm³/mol. The van der Waals surface area contributed by atoms with E-state index in [1.807, 2.05) is 6.92 Å². The second-order valence-corrected chi connectivity index (χ2v) is 7.00. The van der Waals surface area contributed by atoms with Crippen molar-refractivity contribution >= 4 is 10.0 Å². The number of hydrogen-bond donors (Lipinski definition) is 1. The van der Waals surface area contributed by atoms with Gasteiger partial charge in [-0.05, 0) is 44.3 Å². The molecule has 1 aromatic rings. The fraction of sp³-hybridized carbons (Fsp3) is 0.625. The van der Waals surface area contributed by atoms with Crippen molar-refractivity contribution in [3.8, 4) is 5.75 Å². The highest BCUT2D eigenvalue weighted by Gasteiger charge is 2.17. The average Bonchev–Trinajstić information content (AvgIpc) is 2.55. The second-order valence-electron chi connectivity index (χ2n) is 5.23. The molecule has 0 unspecified atom stereocenters. The first-order valence-corrected chi connectivity index (χ1v) is 9.38. The molecule has 0 bridgehead atoms. The molecule has 0 fully saturated rings. The van der Waals surface area contributed by atoms with Gasteiger partial charge < -0.3 is 9.47 Å². The molecule has 0 saturated carbocycles. The highest BCUT2D eigenvalue weighted by Crippen LogP contribution is 2.16. The Kier molecular flexibility index (Phi) is 8.54. The van der Waals surface area contributed by atoms with Crippen molar-refractivity contribution in [3.63, 3.8) is 0 Å². The van der Waals surface area contributed by atoms with Gasteiger partial charge in [0.05, 0.1) is 11.5 Å². The summed E-state index contributed by atoms with van der Waals surface area (Å²) in [6.45, 7) is 9.25. The van der Waals surface area contributed by atoms with Crippen LogP contribution in [0.25, 0.3) is 0 Å². The summed E-state index contributed by atoms with van der Waals surface area (Å²) in [4.78, 5) is 2.44. The van der Waals surface area contributed by atoms with E-state index in [9.17, 15) is 8.42 Å². The summed E-state index contributed by atoms with van der Waals surface area (Å²) in [5, 5.41) is 0. The maximum Gasteiger partial charge on any atom is 0.240 e. The number of rotatable bonds is 11. The van der Waals surface area contributed by atoms with Crippen LogP contribution < -0.4 is 9.46 Å². The largest absolute Gasteiger partial charge is 0.491 e. The highest BCUT2D eigenvalue weighted by atomic mass is 32.2. The molecule has 0 aliphatic heterocycles. The maximum absolute atomic E-state index is 12.3. The Balaban J connectivity index is 2.62. The number of sulfonamides is 1. The summed E-state index contributed by atoms with van der Waals surface area (Å²) >= 11 is 0. The molecule has 6 nitrogen and oxygen atoms in total. The number of hydrogen-bond acceptors (Lipinski definition) is 5. The quantitative estimate of drug-likeness (QED) is 0.619. The van der Waals surface area contributed by atoms with E-state index in [4.69, 9.17) is 9.47 Å². The molecule has 0 aromatic heterocycles. The van der Waals surface area contributed by atoms with E-state index in [0.717, 1.165) is 13.1 Å². The van der Waals surface area contributed by atoms with Gasteiger partial charge in [0.1, 0.15) is 12.4 Å². The van der Waals surface area contributed by atoms with Crippen LogP contribution in [0.3, 0.4) is 0 Å². The Morgan fingerprint density at radius 3 is 2.26 bits per heavy atom. The molecule has 1 atom stereocenters. The van der Waals surface area contributed by atoms with E-state index < -0.39 is 10.0 Å². The molecule has 0 aliphatic carbocycles. The predicted octanol–water partition coefficient (Wildman–Crippen LogP) is 1.72. The molecule has 0 heterocycles. The topological polar surface area (TPSA) is 67.9 Å². The normalized spacial score (nSPS) is 13.3. The van der Waals surface area contributed by atoms with Crippen LogP contribution in [0.2, 0.25) is 0 Å². The summed E-state index contributed by atoms with van der Waals surface area (Å²) in [5.41, 5.74) is 0. The minimum absolute atomic E-state index is 0.149. The van der Waals surface area contributed by atoms with Gasteiger partial charge in [-0.25, -0.2) is 13.1 Å². The number of ether oxygens (including phenoxy) is 2. The zero-order valence-electron chi connectivity index (χ0n) is 14.4. The number of methoxy groups -OCH3 is 1. The van der Waals surface area contributed by atoms with Gasteiger partial charge in [0.2, 0.25) is 10.0 Å². The van der Waals surface area contributed by atoms with Crippen molar-refractivity contribution in [2.24, 2.45) is 0 Å². The molecule has 7 heteroatoms. The number of nitrogens with zero attached hydrogens (tertiary/aromatic N) is 1. The van der Waals surface area contributed by atoms with Crippen LogP contribution in [0.1, 0.15) is 20.8 Å². The van der Waals surface area contributed by atoms with Crippen LogP contribution in [0, 0.1) is 0 Å². The van der Waals surface area contributed by atoms with E-state index in [1.165, 1.54) is 0 Å². The summed E-state index contributed by atoms with van der Waals surface area (Å²) in [6.07, 6.45) is 0. The van der Waals surface area contributed by atoms with E-state index in [-0.39, 0.29) is 10.9 Å². The van der Waals surface area contributed by atoms with Gasteiger partial charge in [0, 0.05) is 19.7 Å². The summed E-state index contributed by atoms with van der Waals surface area (Å²) < 4.78 is 37.6. The average molecular weight is 344 g/mol. The van der Waals surface area contributed by atoms with Crippen LogP contribution >= 0.6 is 0 Å². The molecule has 1 aromatic carbocycles. The standard InChI is InChI=1S/C16H28N2O4S/c1-5-18(6-2)14(3)13-17-23(19,20)16-9-7-15(8-10-16)22-12-11-21-4/h7-10,14,17H,5-6,11-13H2,1-4H3/t14-/m1/s1. The van der Waals surface area contributed by atoms with Gasteiger partial charge >= 0.3 is 0 Å². The van der Waals surface area contributed by atoms with Crippen molar-refractivity contribution in [1.82, 2.24) is 9.62 Å². The SMILES string of the molecule is CCN(CC)[C@H](C)CNS(=O)(=O)c1ccc(OCCOC)cc1. The van der Waals surface area contributed by atoms with E-state index in [2.05, 4.69) is 23.5 Å². The summed E-state index contributed by atoms with van der Waals surface area (Å²) in [5.74, 6) is 0.623. The molecular weight excluding hydrogens is 316 g/mol. The molecule has 0 saturated heterocycles. The number of likely N-dealkylation sites (N-methyl/N-ethyl adjacent to an activating group) is 1. The first-order valence-electron chi connectivity index (χ1n) is 7.90. The molecule has 1 rings (SSSR count). The Hall–Kier alpha value is -1.15. The molecule has 0 aliphatic rings. The van der Waals surface area contributed by atoms with Gasteiger partial charge in [-0.2, -0.15) is 0 Å². The molecule has 0 radical (unpaired) electrons. The zero-order chi connectivity index (χ0) is 17.3. The van der Waals surface area contributed by atoms with E-state index in [1.54, 1.807) is 31.4 Å². The summed E-state index contributed by atoms with van der Waals surface area (Å²) in [7, 11) is -1.90.